The SMILES string of the molecule is CSCCNC(=NCc1nc(C)c(C)s1)NCCc1ccco1. The Morgan fingerprint density at radius 3 is 2.83 bits per heavy atom. The summed E-state index contributed by atoms with van der Waals surface area (Å²) in [6, 6.07) is 3.90. The summed E-state index contributed by atoms with van der Waals surface area (Å²) >= 11 is 3.53. The van der Waals surface area contributed by atoms with Gasteiger partial charge in [-0.05, 0) is 32.2 Å². The van der Waals surface area contributed by atoms with Crippen LogP contribution >= 0.6 is 23.1 Å². The maximum absolute atomic E-state index is 5.35. The van der Waals surface area contributed by atoms with Crippen LogP contribution in [0.25, 0.3) is 0 Å². The molecule has 23 heavy (non-hydrogen) atoms. The number of aromatic nitrogens is 1. The first-order chi connectivity index (χ1) is 11.2. The monoisotopic (exact) mass is 352 g/mol. The van der Waals surface area contributed by atoms with Crippen LogP contribution in [-0.2, 0) is 13.0 Å². The van der Waals surface area contributed by atoms with Gasteiger partial charge in [0.1, 0.15) is 10.8 Å². The minimum absolute atomic E-state index is 0.606. The molecule has 0 aliphatic heterocycles. The summed E-state index contributed by atoms with van der Waals surface area (Å²) in [5.74, 6) is 2.86. The van der Waals surface area contributed by atoms with Gasteiger partial charge in [0.25, 0.3) is 0 Å². The van der Waals surface area contributed by atoms with Crippen LogP contribution in [0.1, 0.15) is 21.3 Å². The summed E-state index contributed by atoms with van der Waals surface area (Å²) < 4.78 is 5.35. The van der Waals surface area contributed by atoms with Gasteiger partial charge in [0, 0.05) is 30.1 Å². The third-order valence-corrected chi connectivity index (χ3v) is 4.96. The highest BCUT2D eigenvalue weighted by Crippen LogP contribution is 2.16. The van der Waals surface area contributed by atoms with Gasteiger partial charge < -0.3 is 15.1 Å². The Kier molecular flexibility index (Phi) is 7.48. The van der Waals surface area contributed by atoms with E-state index in [-0.39, 0.29) is 0 Å². The molecule has 7 heteroatoms. The molecule has 126 valence electrons. The molecule has 0 atom stereocenters. The van der Waals surface area contributed by atoms with E-state index in [9.17, 15) is 0 Å². The van der Waals surface area contributed by atoms with Crippen LogP contribution in [0.5, 0.6) is 0 Å². The molecule has 0 fully saturated rings. The molecule has 0 saturated heterocycles. The summed E-state index contributed by atoms with van der Waals surface area (Å²) in [5.41, 5.74) is 1.10. The summed E-state index contributed by atoms with van der Waals surface area (Å²) in [5, 5.41) is 7.76. The number of furan rings is 1. The van der Waals surface area contributed by atoms with Crippen LogP contribution in [0.15, 0.2) is 27.8 Å². The van der Waals surface area contributed by atoms with Crippen LogP contribution in [0.3, 0.4) is 0 Å². The number of nitrogens with one attached hydrogen (secondary N) is 2. The summed E-state index contributed by atoms with van der Waals surface area (Å²) in [4.78, 5) is 10.4. The number of nitrogens with zero attached hydrogens (tertiary/aromatic N) is 2. The van der Waals surface area contributed by atoms with Gasteiger partial charge in [-0.15, -0.1) is 11.3 Å². The first-order valence-corrected chi connectivity index (χ1v) is 9.86. The average Bonchev–Trinajstić information content (AvgIpc) is 3.15. The topological polar surface area (TPSA) is 62.5 Å². The lowest BCUT2D eigenvalue weighted by atomic mass is 10.3. The smallest absolute Gasteiger partial charge is 0.191 e. The van der Waals surface area contributed by atoms with Crippen molar-refractivity contribution in [2.75, 3.05) is 25.1 Å². The first-order valence-electron chi connectivity index (χ1n) is 7.65. The van der Waals surface area contributed by atoms with E-state index in [0.29, 0.717) is 6.54 Å². The van der Waals surface area contributed by atoms with Crippen molar-refractivity contribution in [3.8, 4) is 0 Å². The van der Waals surface area contributed by atoms with Crippen LogP contribution in [-0.4, -0.2) is 36.0 Å². The van der Waals surface area contributed by atoms with Gasteiger partial charge in [0.15, 0.2) is 5.96 Å². The van der Waals surface area contributed by atoms with Gasteiger partial charge in [-0.3, -0.25) is 0 Å². The van der Waals surface area contributed by atoms with Gasteiger partial charge in [-0.25, -0.2) is 9.98 Å². The molecule has 0 radical (unpaired) electrons. The maximum atomic E-state index is 5.35. The van der Waals surface area contributed by atoms with E-state index in [1.165, 1.54) is 4.88 Å². The van der Waals surface area contributed by atoms with Crippen LogP contribution in [0, 0.1) is 13.8 Å². The molecule has 2 aromatic heterocycles. The summed E-state index contributed by atoms with van der Waals surface area (Å²) in [6.45, 7) is 6.42. The molecule has 0 spiro atoms. The van der Waals surface area contributed by atoms with Gasteiger partial charge in [0.2, 0.25) is 0 Å². The van der Waals surface area contributed by atoms with E-state index in [2.05, 4.69) is 33.8 Å². The van der Waals surface area contributed by atoms with Gasteiger partial charge in [0.05, 0.1) is 18.5 Å². The molecular weight excluding hydrogens is 328 g/mol. The predicted molar refractivity (Wildman–Crippen MR) is 99.5 cm³/mol. The van der Waals surface area contributed by atoms with Crippen molar-refractivity contribution in [2.45, 2.75) is 26.8 Å². The molecule has 0 aromatic carbocycles. The molecule has 0 aliphatic carbocycles. The largest absolute Gasteiger partial charge is 0.469 e. The number of rotatable bonds is 8. The van der Waals surface area contributed by atoms with Crippen molar-refractivity contribution in [2.24, 2.45) is 4.99 Å². The lowest BCUT2D eigenvalue weighted by Crippen LogP contribution is -2.39. The summed E-state index contributed by atoms with van der Waals surface area (Å²) in [7, 11) is 0. The van der Waals surface area contributed by atoms with E-state index < -0.39 is 0 Å². The van der Waals surface area contributed by atoms with Crippen molar-refractivity contribution in [1.82, 2.24) is 15.6 Å². The molecule has 0 bridgehead atoms. The normalized spacial score (nSPS) is 11.7. The zero-order valence-corrected chi connectivity index (χ0v) is 15.5. The van der Waals surface area contributed by atoms with Crippen molar-refractivity contribution >= 4 is 29.1 Å². The highest BCUT2D eigenvalue weighted by atomic mass is 32.2. The van der Waals surface area contributed by atoms with Crippen LogP contribution in [0.4, 0.5) is 0 Å². The second-order valence-electron chi connectivity index (χ2n) is 5.09. The quantitative estimate of drug-likeness (QED) is 0.434. The van der Waals surface area contributed by atoms with Gasteiger partial charge in [-0.1, -0.05) is 0 Å². The maximum Gasteiger partial charge on any atom is 0.191 e. The number of aryl methyl sites for hydroxylation is 2. The van der Waals surface area contributed by atoms with E-state index in [1.807, 2.05) is 30.8 Å². The van der Waals surface area contributed by atoms with E-state index in [0.717, 1.165) is 47.7 Å². The fraction of sp³-hybridized carbons (Fsp3) is 0.500. The molecule has 2 heterocycles. The zero-order valence-electron chi connectivity index (χ0n) is 13.9. The fourth-order valence-corrected chi connectivity index (χ4v) is 3.12. The fourth-order valence-electron chi connectivity index (χ4n) is 1.96. The van der Waals surface area contributed by atoms with Crippen molar-refractivity contribution < 1.29 is 4.42 Å². The van der Waals surface area contributed by atoms with Crippen molar-refractivity contribution in [3.63, 3.8) is 0 Å². The third kappa shape index (κ3) is 6.27. The second kappa shape index (κ2) is 9.62. The van der Waals surface area contributed by atoms with Crippen LogP contribution < -0.4 is 10.6 Å². The van der Waals surface area contributed by atoms with Crippen molar-refractivity contribution in [3.05, 3.63) is 39.7 Å². The molecular formula is C16H24N4OS2. The lowest BCUT2D eigenvalue weighted by molar-refractivity contribution is 0.507. The summed E-state index contributed by atoms with van der Waals surface area (Å²) in [6.07, 6.45) is 4.64. The van der Waals surface area contributed by atoms with E-state index in [1.54, 1.807) is 17.6 Å². The number of guanidine groups is 1. The Hall–Kier alpha value is -1.47. The third-order valence-electron chi connectivity index (χ3n) is 3.29. The van der Waals surface area contributed by atoms with E-state index in [4.69, 9.17) is 4.42 Å². The molecule has 2 aromatic rings. The predicted octanol–water partition coefficient (Wildman–Crippen LogP) is 2.99. The van der Waals surface area contributed by atoms with Gasteiger partial charge >= 0.3 is 0 Å². The second-order valence-corrected chi connectivity index (χ2v) is 7.36. The Bertz CT molecular complexity index is 588. The highest BCUT2D eigenvalue weighted by molar-refractivity contribution is 7.98. The Morgan fingerprint density at radius 2 is 2.17 bits per heavy atom. The molecule has 0 aliphatic rings. The number of thiazole rings is 1. The number of thioether (sulfide) groups is 1. The molecule has 2 N–H and O–H groups in total. The average molecular weight is 353 g/mol. The Morgan fingerprint density at radius 1 is 1.35 bits per heavy atom. The van der Waals surface area contributed by atoms with Gasteiger partial charge in [-0.2, -0.15) is 11.8 Å². The molecule has 5 nitrogen and oxygen atoms in total. The minimum Gasteiger partial charge on any atom is -0.469 e. The first kappa shape index (κ1) is 17.9. The molecule has 0 saturated carbocycles. The molecule has 0 amide bonds. The number of hydrogen-bond acceptors (Lipinski definition) is 5. The Labute approximate surface area is 146 Å². The lowest BCUT2D eigenvalue weighted by Gasteiger charge is -2.11. The zero-order chi connectivity index (χ0) is 16.5. The number of aliphatic imine (C=N–C) groups is 1. The minimum atomic E-state index is 0.606. The molecule has 2 rings (SSSR count). The highest BCUT2D eigenvalue weighted by Gasteiger charge is 2.04. The van der Waals surface area contributed by atoms with Crippen molar-refractivity contribution in [1.29, 1.82) is 0 Å². The number of hydrogen-bond donors (Lipinski definition) is 2. The van der Waals surface area contributed by atoms with Crippen LogP contribution in [0.2, 0.25) is 0 Å². The van der Waals surface area contributed by atoms with E-state index >= 15 is 0 Å². The molecule has 0 unspecified atom stereocenters. The Balaban J connectivity index is 1.87. The standard InChI is InChI=1S/C16H24N4OS2/c1-12-13(2)23-15(20-12)11-19-16(18-8-10-22-3)17-7-6-14-5-4-9-21-14/h4-5,9H,6-8,10-11H2,1-3H3,(H2,17,18,19).